The monoisotopic (exact) mass is 399 g/mol. The highest BCUT2D eigenvalue weighted by atomic mass is 19.1. The van der Waals surface area contributed by atoms with Gasteiger partial charge >= 0.3 is 0 Å². The third kappa shape index (κ3) is 3.53. The molecule has 1 atom stereocenters. The van der Waals surface area contributed by atoms with E-state index in [1.807, 2.05) is 17.2 Å². The fourth-order valence-electron chi connectivity index (χ4n) is 4.56. The summed E-state index contributed by atoms with van der Waals surface area (Å²) in [6, 6.07) is 5.58. The van der Waals surface area contributed by atoms with E-state index < -0.39 is 11.6 Å². The van der Waals surface area contributed by atoms with Gasteiger partial charge in [0.15, 0.2) is 5.82 Å². The molecule has 29 heavy (non-hydrogen) atoms. The summed E-state index contributed by atoms with van der Waals surface area (Å²) in [7, 11) is 0. The number of rotatable bonds is 3. The second kappa shape index (κ2) is 7.26. The third-order valence-electron chi connectivity index (χ3n) is 6.00. The molecule has 1 aromatic heterocycles. The van der Waals surface area contributed by atoms with Gasteiger partial charge in [0.1, 0.15) is 17.7 Å². The SMILES string of the molecule is O=C1Nc2cc(CN3CCN(c4cc(F)cc(F)c4)CC3)cnc2N2CCC[C@@H]12. The van der Waals surface area contributed by atoms with Crippen LogP contribution in [0, 0.1) is 11.6 Å². The Bertz CT molecular complexity index is 924. The first kappa shape index (κ1) is 18.3. The third-order valence-corrected chi connectivity index (χ3v) is 6.00. The normalized spacial score (nSPS) is 21.7. The zero-order valence-electron chi connectivity index (χ0n) is 16.1. The van der Waals surface area contributed by atoms with Gasteiger partial charge in [-0.25, -0.2) is 13.8 Å². The maximum absolute atomic E-state index is 13.5. The van der Waals surface area contributed by atoms with E-state index in [1.54, 1.807) is 0 Å². The number of nitrogens with one attached hydrogen (secondary N) is 1. The Morgan fingerprint density at radius 1 is 1.03 bits per heavy atom. The summed E-state index contributed by atoms with van der Waals surface area (Å²) in [6.07, 6.45) is 3.79. The number of aromatic nitrogens is 1. The van der Waals surface area contributed by atoms with Gasteiger partial charge in [-0.05, 0) is 36.6 Å². The number of carbonyl (C=O) groups excluding carboxylic acids is 1. The standard InChI is InChI=1S/C21H23F2N5O/c22-15-9-16(23)11-17(10-15)27-6-4-26(5-7-27)13-14-8-18-20(24-12-14)28-3-1-2-19(28)21(29)25-18/h8-12,19H,1-7,13H2,(H,25,29)/t19-/m0/s1. The molecule has 3 aliphatic rings. The molecule has 152 valence electrons. The molecule has 1 aromatic carbocycles. The van der Waals surface area contributed by atoms with Crippen molar-refractivity contribution in [3.8, 4) is 0 Å². The molecule has 0 spiro atoms. The van der Waals surface area contributed by atoms with E-state index in [1.165, 1.54) is 12.1 Å². The molecular weight excluding hydrogens is 376 g/mol. The molecule has 0 saturated carbocycles. The van der Waals surface area contributed by atoms with E-state index in [4.69, 9.17) is 0 Å². The molecule has 2 fully saturated rings. The van der Waals surface area contributed by atoms with Gasteiger partial charge in [0.2, 0.25) is 5.91 Å². The fraction of sp³-hybridized carbons (Fsp3) is 0.429. The lowest BCUT2D eigenvalue weighted by Crippen LogP contribution is -2.46. The van der Waals surface area contributed by atoms with Gasteiger partial charge in [-0.2, -0.15) is 0 Å². The fourth-order valence-corrected chi connectivity index (χ4v) is 4.56. The Morgan fingerprint density at radius 2 is 1.79 bits per heavy atom. The molecule has 8 heteroatoms. The number of nitrogens with zero attached hydrogens (tertiary/aromatic N) is 4. The molecule has 0 aliphatic carbocycles. The average Bonchev–Trinajstić information content (AvgIpc) is 3.18. The van der Waals surface area contributed by atoms with Gasteiger partial charge in [-0.1, -0.05) is 0 Å². The van der Waals surface area contributed by atoms with Gasteiger partial charge in [-0.3, -0.25) is 9.69 Å². The molecule has 2 aromatic rings. The predicted molar refractivity (Wildman–Crippen MR) is 107 cm³/mol. The number of benzene rings is 1. The smallest absolute Gasteiger partial charge is 0.247 e. The van der Waals surface area contributed by atoms with Crippen molar-refractivity contribution in [3.63, 3.8) is 0 Å². The van der Waals surface area contributed by atoms with E-state index >= 15 is 0 Å². The van der Waals surface area contributed by atoms with Crippen molar-refractivity contribution in [2.45, 2.75) is 25.4 Å². The number of carbonyl (C=O) groups is 1. The lowest BCUT2D eigenvalue weighted by atomic mass is 10.1. The average molecular weight is 399 g/mol. The highest BCUT2D eigenvalue weighted by molar-refractivity contribution is 6.03. The molecule has 0 unspecified atom stereocenters. The predicted octanol–water partition coefficient (Wildman–Crippen LogP) is 2.60. The van der Waals surface area contributed by atoms with Gasteiger partial charge in [0, 0.05) is 57.2 Å². The number of hydrogen-bond acceptors (Lipinski definition) is 5. The minimum Gasteiger partial charge on any atom is -0.369 e. The van der Waals surface area contributed by atoms with E-state index in [-0.39, 0.29) is 11.9 Å². The number of piperazine rings is 1. The molecule has 4 heterocycles. The quantitative estimate of drug-likeness (QED) is 0.860. The topological polar surface area (TPSA) is 51.7 Å². The van der Waals surface area contributed by atoms with Gasteiger partial charge in [-0.15, -0.1) is 0 Å². The highest BCUT2D eigenvalue weighted by Crippen LogP contribution is 2.35. The Balaban J connectivity index is 1.24. The Labute approximate surface area is 168 Å². The van der Waals surface area contributed by atoms with Crippen molar-refractivity contribution in [2.24, 2.45) is 0 Å². The van der Waals surface area contributed by atoms with E-state index in [0.29, 0.717) is 18.8 Å². The minimum atomic E-state index is -0.551. The molecule has 0 bridgehead atoms. The number of amides is 1. The van der Waals surface area contributed by atoms with Crippen LogP contribution in [0.1, 0.15) is 18.4 Å². The van der Waals surface area contributed by atoms with Crippen LogP contribution in [-0.4, -0.2) is 54.6 Å². The van der Waals surface area contributed by atoms with Crippen LogP contribution in [0.25, 0.3) is 0 Å². The van der Waals surface area contributed by atoms with Crippen molar-refractivity contribution in [1.82, 2.24) is 9.88 Å². The molecule has 0 radical (unpaired) electrons. The van der Waals surface area contributed by atoms with Crippen LogP contribution in [0.2, 0.25) is 0 Å². The van der Waals surface area contributed by atoms with E-state index in [9.17, 15) is 13.6 Å². The molecule has 3 aliphatic heterocycles. The molecule has 5 rings (SSSR count). The van der Waals surface area contributed by atoms with Crippen LogP contribution < -0.4 is 15.1 Å². The van der Waals surface area contributed by atoms with Crippen molar-refractivity contribution < 1.29 is 13.6 Å². The molecule has 1 N–H and O–H groups in total. The number of pyridine rings is 1. The van der Waals surface area contributed by atoms with Crippen LogP contribution >= 0.6 is 0 Å². The largest absolute Gasteiger partial charge is 0.369 e. The van der Waals surface area contributed by atoms with Crippen LogP contribution in [0.15, 0.2) is 30.5 Å². The zero-order valence-corrected chi connectivity index (χ0v) is 16.1. The number of halogens is 2. The zero-order chi connectivity index (χ0) is 20.0. The molecule has 1 amide bonds. The van der Waals surface area contributed by atoms with Gasteiger partial charge in [0.25, 0.3) is 0 Å². The van der Waals surface area contributed by atoms with Crippen LogP contribution in [-0.2, 0) is 11.3 Å². The maximum atomic E-state index is 13.5. The van der Waals surface area contributed by atoms with Crippen molar-refractivity contribution in [2.75, 3.05) is 47.8 Å². The highest BCUT2D eigenvalue weighted by Gasteiger charge is 2.37. The molecule has 6 nitrogen and oxygen atoms in total. The van der Waals surface area contributed by atoms with E-state index in [2.05, 4.69) is 20.1 Å². The van der Waals surface area contributed by atoms with Crippen LogP contribution in [0.4, 0.5) is 26.0 Å². The van der Waals surface area contributed by atoms with Gasteiger partial charge in [0.05, 0.1) is 5.69 Å². The maximum Gasteiger partial charge on any atom is 0.247 e. The first-order valence-corrected chi connectivity index (χ1v) is 10.1. The molecular formula is C21H23F2N5O. The summed E-state index contributed by atoms with van der Waals surface area (Å²) in [5.74, 6) is -0.173. The Hall–Kier alpha value is -2.74. The minimum absolute atomic E-state index is 0.0601. The Morgan fingerprint density at radius 3 is 2.55 bits per heavy atom. The van der Waals surface area contributed by atoms with Crippen LogP contribution in [0.3, 0.4) is 0 Å². The lowest BCUT2D eigenvalue weighted by molar-refractivity contribution is -0.117. The number of anilines is 3. The second-order valence-corrected chi connectivity index (χ2v) is 7.95. The van der Waals surface area contributed by atoms with Gasteiger partial charge < -0.3 is 15.1 Å². The summed E-state index contributed by atoms with van der Waals surface area (Å²) >= 11 is 0. The van der Waals surface area contributed by atoms with Crippen LogP contribution in [0.5, 0.6) is 0 Å². The number of hydrogen-bond donors (Lipinski definition) is 1. The van der Waals surface area contributed by atoms with Crippen molar-refractivity contribution in [3.05, 3.63) is 47.7 Å². The summed E-state index contributed by atoms with van der Waals surface area (Å²) in [4.78, 5) is 23.3. The second-order valence-electron chi connectivity index (χ2n) is 7.95. The Kier molecular flexibility index (Phi) is 4.58. The number of fused-ring (bicyclic) bond motifs is 3. The summed E-state index contributed by atoms with van der Waals surface area (Å²) < 4.78 is 27.0. The van der Waals surface area contributed by atoms with Crippen molar-refractivity contribution >= 4 is 23.1 Å². The lowest BCUT2D eigenvalue weighted by Gasteiger charge is -2.36. The first-order chi connectivity index (χ1) is 14.1. The summed E-state index contributed by atoms with van der Waals surface area (Å²) in [6.45, 7) is 4.58. The van der Waals surface area contributed by atoms with Crippen molar-refractivity contribution in [1.29, 1.82) is 0 Å². The van der Waals surface area contributed by atoms with E-state index in [0.717, 1.165) is 62.2 Å². The molecule has 2 saturated heterocycles. The summed E-state index contributed by atoms with van der Waals surface area (Å²) in [5, 5.41) is 3.01. The summed E-state index contributed by atoms with van der Waals surface area (Å²) in [5.41, 5.74) is 2.42. The first-order valence-electron chi connectivity index (χ1n) is 10.1.